The van der Waals surface area contributed by atoms with Gasteiger partial charge < -0.3 is 10.7 Å². The average Bonchev–Trinajstić information content (AvgIpc) is 2.30. The molecule has 0 amide bonds. The summed E-state index contributed by atoms with van der Waals surface area (Å²) in [5.41, 5.74) is 2.09. The maximum absolute atomic E-state index is 13.5. The van der Waals surface area contributed by atoms with Crippen LogP contribution in [0.2, 0.25) is 0 Å². The number of aromatic nitrogens is 1. The van der Waals surface area contributed by atoms with Crippen molar-refractivity contribution in [3.8, 4) is 0 Å². The molecule has 1 rings (SSSR count). The molecule has 0 aromatic carbocycles. The number of hydrogen-bond acceptors (Lipinski definition) is 4. The highest BCUT2D eigenvalue weighted by Crippen LogP contribution is 2.20. The summed E-state index contributed by atoms with van der Waals surface area (Å²) in [6.45, 7) is 6.18. The average molecular weight is 258 g/mol. The normalized spacial score (nSPS) is 12.6. The SMILES string of the molecule is CC(C)CCC(C)Nc1nc(NN)c(F)cc1F. The van der Waals surface area contributed by atoms with Crippen LogP contribution in [0.25, 0.3) is 0 Å². The highest BCUT2D eigenvalue weighted by atomic mass is 19.1. The molecule has 1 aromatic heterocycles. The lowest BCUT2D eigenvalue weighted by Gasteiger charge is -2.16. The Balaban J connectivity index is 2.71. The van der Waals surface area contributed by atoms with Gasteiger partial charge in [-0.25, -0.2) is 19.6 Å². The predicted molar refractivity (Wildman–Crippen MR) is 69.1 cm³/mol. The van der Waals surface area contributed by atoms with E-state index in [4.69, 9.17) is 5.84 Å². The molecular formula is C12H20F2N4. The molecule has 1 unspecified atom stereocenters. The molecule has 4 nitrogen and oxygen atoms in total. The van der Waals surface area contributed by atoms with Gasteiger partial charge in [0.1, 0.15) is 0 Å². The van der Waals surface area contributed by atoms with E-state index in [-0.39, 0.29) is 17.7 Å². The molecule has 0 bridgehead atoms. The molecule has 1 heterocycles. The van der Waals surface area contributed by atoms with E-state index in [9.17, 15) is 8.78 Å². The van der Waals surface area contributed by atoms with Crippen LogP contribution in [-0.4, -0.2) is 11.0 Å². The van der Waals surface area contributed by atoms with Crippen LogP contribution in [0.4, 0.5) is 20.4 Å². The molecule has 0 saturated heterocycles. The minimum Gasteiger partial charge on any atom is -0.365 e. The Morgan fingerprint density at radius 1 is 1.17 bits per heavy atom. The summed E-state index contributed by atoms with van der Waals surface area (Å²) in [5, 5.41) is 2.92. The Morgan fingerprint density at radius 3 is 2.33 bits per heavy atom. The Morgan fingerprint density at radius 2 is 1.78 bits per heavy atom. The van der Waals surface area contributed by atoms with Crippen molar-refractivity contribution in [1.82, 2.24) is 4.98 Å². The number of nitrogens with two attached hydrogens (primary N) is 1. The minimum atomic E-state index is -0.810. The van der Waals surface area contributed by atoms with E-state index in [0.29, 0.717) is 5.92 Å². The molecule has 0 aliphatic rings. The molecule has 0 fully saturated rings. The van der Waals surface area contributed by atoms with Crippen LogP contribution >= 0.6 is 0 Å². The molecule has 6 heteroatoms. The van der Waals surface area contributed by atoms with Crippen molar-refractivity contribution in [2.75, 3.05) is 10.7 Å². The van der Waals surface area contributed by atoms with Gasteiger partial charge in [0.05, 0.1) is 0 Å². The van der Waals surface area contributed by atoms with Gasteiger partial charge in [0, 0.05) is 12.1 Å². The fourth-order valence-electron chi connectivity index (χ4n) is 1.56. The highest BCUT2D eigenvalue weighted by Gasteiger charge is 2.13. The fraction of sp³-hybridized carbons (Fsp3) is 0.583. The highest BCUT2D eigenvalue weighted by molar-refractivity contribution is 5.47. The molecular weight excluding hydrogens is 238 g/mol. The molecule has 0 spiro atoms. The lowest BCUT2D eigenvalue weighted by Crippen LogP contribution is -2.19. The van der Waals surface area contributed by atoms with Crippen LogP contribution in [0.1, 0.15) is 33.6 Å². The van der Waals surface area contributed by atoms with Gasteiger partial charge in [0.25, 0.3) is 0 Å². The molecule has 1 atom stereocenters. The van der Waals surface area contributed by atoms with Crippen LogP contribution in [0.3, 0.4) is 0 Å². The van der Waals surface area contributed by atoms with Gasteiger partial charge in [-0.15, -0.1) is 0 Å². The van der Waals surface area contributed by atoms with Crippen molar-refractivity contribution >= 4 is 11.6 Å². The van der Waals surface area contributed by atoms with Crippen LogP contribution in [0, 0.1) is 17.6 Å². The van der Waals surface area contributed by atoms with Gasteiger partial charge >= 0.3 is 0 Å². The van der Waals surface area contributed by atoms with Crippen molar-refractivity contribution in [2.24, 2.45) is 11.8 Å². The number of nitrogens with zero attached hydrogens (tertiary/aromatic N) is 1. The number of hydrogen-bond donors (Lipinski definition) is 3. The summed E-state index contributed by atoms with van der Waals surface area (Å²) in [6, 6.07) is 0.824. The van der Waals surface area contributed by atoms with E-state index in [2.05, 4.69) is 29.6 Å². The maximum atomic E-state index is 13.5. The number of pyridine rings is 1. The first-order valence-electron chi connectivity index (χ1n) is 6.03. The smallest absolute Gasteiger partial charge is 0.178 e. The molecule has 0 aliphatic heterocycles. The molecule has 0 saturated carbocycles. The molecule has 18 heavy (non-hydrogen) atoms. The number of nitrogens with one attached hydrogen (secondary N) is 2. The van der Waals surface area contributed by atoms with Gasteiger partial charge in [-0.05, 0) is 25.7 Å². The summed E-state index contributed by atoms with van der Waals surface area (Å²) in [4.78, 5) is 3.76. The Bertz CT molecular complexity index is 396. The minimum absolute atomic E-state index is 0.0145. The van der Waals surface area contributed by atoms with Crippen molar-refractivity contribution < 1.29 is 8.78 Å². The molecule has 102 valence electrons. The zero-order valence-corrected chi connectivity index (χ0v) is 10.9. The van der Waals surface area contributed by atoms with Gasteiger partial charge in [-0.3, -0.25) is 0 Å². The number of halogens is 2. The molecule has 4 N–H and O–H groups in total. The van der Waals surface area contributed by atoms with Crippen LogP contribution in [-0.2, 0) is 0 Å². The summed E-state index contributed by atoms with van der Waals surface area (Å²) in [6.07, 6.45) is 1.92. The van der Waals surface area contributed by atoms with Gasteiger partial charge in [-0.2, -0.15) is 0 Å². The zero-order chi connectivity index (χ0) is 13.7. The summed E-state index contributed by atoms with van der Waals surface area (Å²) < 4.78 is 26.6. The third-order valence-electron chi connectivity index (χ3n) is 2.63. The van der Waals surface area contributed by atoms with E-state index in [0.717, 1.165) is 18.9 Å². The van der Waals surface area contributed by atoms with Crippen molar-refractivity contribution in [1.29, 1.82) is 0 Å². The number of rotatable bonds is 6. The molecule has 0 aliphatic carbocycles. The largest absolute Gasteiger partial charge is 0.365 e. The Kier molecular flexibility index (Phi) is 5.27. The van der Waals surface area contributed by atoms with Gasteiger partial charge in [0.15, 0.2) is 23.3 Å². The fourth-order valence-corrected chi connectivity index (χ4v) is 1.56. The first-order chi connectivity index (χ1) is 8.43. The van der Waals surface area contributed by atoms with Gasteiger partial charge in [0.2, 0.25) is 0 Å². The number of anilines is 2. The summed E-state index contributed by atoms with van der Waals surface area (Å²) >= 11 is 0. The van der Waals surface area contributed by atoms with Crippen molar-refractivity contribution in [2.45, 2.75) is 39.7 Å². The number of hydrazine groups is 1. The third-order valence-corrected chi connectivity index (χ3v) is 2.63. The standard InChI is InChI=1S/C12H20F2N4/c1-7(2)4-5-8(3)16-11-9(13)6-10(14)12(17-11)18-15/h6-8H,4-5,15H2,1-3H3,(H2,16,17,18). The second kappa shape index (κ2) is 6.49. The monoisotopic (exact) mass is 258 g/mol. The lowest BCUT2D eigenvalue weighted by atomic mass is 10.0. The van der Waals surface area contributed by atoms with Crippen molar-refractivity contribution in [3.63, 3.8) is 0 Å². The van der Waals surface area contributed by atoms with Crippen LogP contribution in [0.15, 0.2) is 6.07 Å². The maximum Gasteiger partial charge on any atom is 0.178 e. The van der Waals surface area contributed by atoms with Gasteiger partial charge in [-0.1, -0.05) is 13.8 Å². The van der Waals surface area contributed by atoms with E-state index >= 15 is 0 Å². The Hall–Kier alpha value is -1.43. The molecule has 0 radical (unpaired) electrons. The summed E-state index contributed by atoms with van der Waals surface area (Å²) in [5.74, 6) is 3.99. The summed E-state index contributed by atoms with van der Waals surface area (Å²) in [7, 11) is 0. The van der Waals surface area contributed by atoms with E-state index in [1.165, 1.54) is 0 Å². The third kappa shape index (κ3) is 4.10. The number of nitrogen functional groups attached to an aromatic ring is 1. The van der Waals surface area contributed by atoms with Crippen LogP contribution < -0.4 is 16.6 Å². The quantitative estimate of drug-likeness (QED) is 0.542. The molecule has 1 aromatic rings. The second-order valence-electron chi connectivity index (χ2n) is 4.81. The second-order valence-corrected chi connectivity index (χ2v) is 4.81. The first-order valence-corrected chi connectivity index (χ1v) is 6.03. The lowest BCUT2D eigenvalue weighted by molar-refractivity contribution is 0.523. The Labute approximate surface area is 106 Å². The first kappa shape index (κ1) is 14.6. The predicted octanol–water partition coefficient (Wildman–Crippen LogP) is 2.88. The van der Waals surface area contributed by atoms with Crippen molar-refractivity contribution in [3.05, 3.63) is 17.7 Å². The van der Waals surface area contributed by atoms with E-state index < -0.39 is 11.6 Å². The van der Waals surface area contributed by atoms with Crippen LogP contribution in [0.5, 0.6) is 0 Å². The zero-order valence-electron chi connectivity index (χ0n) is 10.9. The topological polar surface area (TPSA) is 63.0 Å². The van der Waals surface area contributed by atoms with E-state index in [1.807, 2.05) is 6.92 Å². The van der Waals surface area contributed by atoms with E-state index in [1.54, 1.807) is 0 Å².